The molecule has 0 aliphatic carbocycles. The number of hydrogen-bond donors (Lipinski definition) is 2. The van der Waals surface area contributed by atoms with Crippen molar-refractivity contribution in [1.82, 2.24) is 14.8 Å². The van der Waals surface area contributed by atoms with Gasteiger partial charge in [-0.2, -0.15) is 13.2 Å². The molecule has 0 radical (unpaired) electrons. The Labute approximate surface area is 151 Å². The first-order valence-electron chi connectivity index (χ1n) is 7.96. The molecule has 0 spiro atoms. The molecule has 3 aromatic rings. The predicted molar refractivity (Wildman–Crippen MR) is 90.8 cm³/mol. The summed E-state index contributed by atoms with van der Waals surface area (Å²) in [5.74, 6) is -0.914. The predicted octanol–water partition coefficient (Wildman–Crippen LogP) is 3.81. The molecular weight excluding hydrogens is 361 g/mol. The van der Waals surface area contributed by atoms with Gasteiger partial charge in [0.2, 0.25) is 5.66 Å². The molecule has 1 atom stereocenters. The fourth-order valence-electron chi connectivity index (χ4n) is 3.00. The highest BCUT2D eigenvalue weighted by atomic mass is 19.4. The Morgan fingerprint density at radius 2 is 1.93 bits per heavy atom. The highest BCUT2D eigenvalue weighted by Gasteiger charge is 2.43. The molecule has 138 valence electrons. The topological polar surface area (TPSA) is 80.0 Å². The number of hydrogen-bond acceptors (Lipinski definition) is 4. The van der Waals surface area contributed by atoms with E-state index < -0.39 is 23.4 Å². The average Bonchev–Trinajstić information content (AvgIpc) is 3.08. The van der Waals surface area contributed by atoms with Crippen LogP contribution in [0.5, 0.6) is 0 Å². The number of rotatable bonds is 2. The molecule has 2 aromatic carbocycles. The third kappa shape index (κ3) is 2.62. The van der Waals surface area contributed by atoms with E-state index in [0.29, 0.717) is 11.3 Å². The van der Waals surface area contributed by atoms with Crippen LogP contribution in [0.4, 0.5) is 18.9 Å². The standard InChI is InChI=1S/C18H13F3N4O2/c1-17(16(26)27)23-13-8-3-2-7-12(13)15-22-14(24-25(15)17)10-5-4-6-11(9-10)18(19,20)21/h2-9,23H,1H3,(H,26,27)/t17-/m1/s1. The summed E-state index contributed by atoms with van der Waals surface area (Å²) < 4.78 is 40.2. The van der Waals surface area contributed by atoms with Crippen molar-refractivity contribution in [2.45, 2.75) is 18.8 Å². The second-order valence-corrected chi connectivity index (χ2v) is 6.30. The molecule has 27 heavy (non-hydrogen) atoms. The molecule has 0 bridgehead atoms. The van der Waals surface area contributed by atoms with Crippen molar-refractivity contribution >= 4 is 11.7 Å². The highest BCUT2D eigenvalue weighted by Crippen LogP contribution is 2.39. The van der Waals surface area contributed by atoms with E-state index in [1.54, 1.807) is 24.3 Å². The van der Waals surface area contributed by atoms with E-state index in [1.165, 1.54) is 23.7 Å². The Balaban J connectivity index is 1.92. The summed E-state index contributed by atoms with van der Waals surface area (Å²) in [4.78, 5) is 16.2. The number of nitrogens with zero attached hydrogens (tertiary/aromatic N) is 3. The van der Waals surface area contributed by atoms with Crippen LogP contribution in [0, 0.1) is 0 Å². The lowest BCUT2D eigenvalue weighted by Gasteiger charge is -2.33. The number of fused-ring (bicyclic) bond motifs is 3. The largest absolute Gasteiger partial charge is 0.478 e. The highest BCUT2D eigenvalue weighted by molar-refractivity contribution is 5.87. The molecule has 0 saturated carbocycles. The van der Waals surface area contributed by atoms with Crippen molar-refractivity contribution in [2.75, 3.05) is 5.32 Å². The Morgan fingerprint density at radius 1 is 1.19 bits per heavy atom. The molecule has 0 fully saturated rings. The average molecular weight is 374 g/mol. The first kappa shape index (κ1) is 17.1. The number of aromatic nitrogens is 3. The smallest absolute Gasteiger partial charge is 0.416 e. The minimum Gasteiger partial charge on any atom is -0.478 e. The number of carbonyl (C=O) groups is 1. The zero-order valence-electron chi connectivity index (χ0n) is 13.9. The number of alkyl halides is 3. The van der Waals surface area contributed by atoms with Crippen molar-refractivity contribution in [3.8, 4) is 22.8 Å². The fourth-order valence-corrected chi connectivity index (χ4v) is 3.00. The van der Waals surface area contributed by atoms with E-state index in [2.05, 4.69) is 15.4 Å². The molecule has 2 heterocycles. The van der Waals surface area contributed by atoms with Gasteiger partial charge in [0.25, 0.3) is 0 Å². The van der Waals surface area contributed by atoms with Crippen molar-refractivity contribution in [3.63, 3.8) is 0 Å². The van der Waals surface area contributed by atoms with Gasteiger partial charge in [0.05, 0.1) is 5.56 Å². The first-order valence-corrected chi connectivity index (χ1v) is 7.96. The van der Waals surface area contributed by atoms with Crippen molar-refractivity contribution in [2.24, 2.45) is 0 Å². The summed E-state index contributed by atoms with van der Waals surface area (Å²) >= 11 is 0. The number of nitrogens with one attached hydrogen (secondary N) is 1. The van der Waals surface area contributed by atoms with Crippen LogP contribution in [0.1, 0.15) is 12.5 Å². The van der Waals surface area contributed by atoms with Crippen LogP contribution in [0.2, 0.25) is 0 Å². The minimum absolute atomic E-state index is 0.0158. The molecule has 2 N–H and O–H groups in total. The summed E-state index contributed by atoms with van der Waals surface area (Å²) in [7, 11) is 0. The molecule has 1 aliphatic heterocycles. The summed E-state index contributed by atoms with van der Waals surface area (Å²) in [6.45, 7) is 1.42. The van der Waals surface area contributed by atoms with Crippen LogP contribution >= 0.6 is 0 Å². The molecule has 0 amide bonds. The van der Waals surface area contributed by atoms with Crippen LogP contribution in [-0.2, 0) is 16.6 Å². The molecule has 9 heteroatoms. The Hall–Kier alpha value is -3.36. The zero-order chi connectivity index (χ0) is 19.4. The maximum Gasteiger partial charge on any atom is 0.416 e. The van der Waals surface area contributed by atoms with Gasteiger partial charge in [-0.15, -0.1) is 5.10 Å². The summed E-state index contributed by atoms with van der Waals surface area (Å²) in [5.41, 5.74) is -1.14. The molecular formula is C18H13F3N4O2. The lowest BCUT2D eigenvalue weighted by Crippen LogP contribution is -2.49. The fraction of sp³-hybridized carbons (Fsp3) is 0.167. The number of aliphatic carboxylic acids is 1. The second-order valence-electron chi connectivity index (χ2n) is 6.30. The van der Waals surface area contributed by atoms with E-state index in [1.807, 2.05) is 0 Å². The van der Waals surface area contributed by atoms with Gasteiger partial charge in [0.15, 0.2) is 11.6 Å². The number of benzene rings is 2. The summed E-state index contributed by atoms with van der Waals surface area (Å²) in [5, 5.41) is 16.8. The van der Waals surface area contributed by atoms with Crippen LogP contribution in [-0.4, -0.2) is 25.8 Å². The Kier molecular flexibility index (Phi) is 3.52. The van der Waals surface area contributed by atoms with Gasteiger partial charge < -0.3 is 10.4 Å². The van der Waals surface area contributed by atoms with Crippen molar-refractivity contribution in [1.29, 1.82) is 0 Å². The number of halogens is 3. The van der Waals surface area contributed by atoms with Gasteiger partial charge >= 0.3 is 12.1 Å². The summed E-state index contributed by atoms with van der Waals surface area (Å²) in [6.07, 6.45) is -4.50. The monoisotopic (exact) mass is 374 g/mol. The third-order valence-electron chi connectivity index (χ3n) is 4.44. The maximum absolute atomic E-state index is 13.0. The van der Waals surface area contributed by atoms with Gasteiger partial charge in [-0.05, 0) is 31.2 Å². The molecule has 0 saturated heterocycles. The van der Waals surface area contributed by atoms with Gasteiger partial charge in [-0.1, -0.05) is 24.3 Å². The van der Waals surface area contributed by atoms with Gasteiger partial charge in [-0.3, -0.25) is 0 Å². The molecule has 1 aliphatic rings. The quantitative estimate of drug-likeness (QED) is 0.713. The SMILES string of the molecule is C[C@@]1(C(=O)O)Nc2ccccc2-c2nc(-c3cccc(C(F)(F)F)c3)nn21. The number of anilines is 1. The van der Waals surface area contributed by atoms with Crippen LogP contribution in [0.25, 0.3) is 22.8 Å². The van der Waals surface area contributed by atoms with Crippen LogP contribution < -0.4 is 5.32 Å². The Morgan fingerprint density at radius 3 is 2.63 bits per heavy atom. The van der Waals surface area contributed by atoms with Gasteiger partial charge in [-0.25, -0.2) is 14.5 Å². The number of carboxylic acids is 1. The van der Waals surface area contributed by atoms with Crippen molar-refractivity contribution in [3.05, 3.63) is 54.1 Å². The van der Waals surface area contributed by atoms with E-state index >= 15 is 0 Å². The molecule has 6 nitrogen and oxygen atoms in total. The van der Waals surface area contributed by atoms with Crippen molar-refractivity contribution < 1.29 is 23.1 Å². The zero-order valence-corrected chi connectivity index (χ0v) is 13.9. The summed E-state index contributed by atoms with van der Waals surface area (Å²) in [6, 6.07) is 11.6. The second kappa shape index (κ2) is 5.57. The first-order chi connectivity index (χ1) is 12.7. The lowest BCUT2D eigenvalue weighted by molar-refractivity contribution is -0.145. The molecule has 4 rings (SSSR count). The van der Waals surface area contributed by atoms with Gasteiger partial charge in [0, 0.05) is 16.8 Å². The third-order valence-corrected chi connectivity index (χ3v) is 4.44. The lowest BCUT2D eigenvalue weighted by atomic mass is 10.0. The van der Waals surface area contributed by atoms with Crippen LogP contribution in [0.15, 0.2) is 48.5 Å². The van der Waals surface area contributed by atoms with Crippen LogP contribution in [0.3, 0.4) is 0 Å². The maximum atomic E-state index is 13.0. The van der Waals surface area contributed by atoms with E-state index in [9.17, 15) is 23.1 Å². The van der Waals surface area contributed by atoms with E-state index in [4.69, 9.17) is 0 Å². The van der Waals surface area contributed by atoms with Gasteiger partial charge in [0.1, 0.15) is 0 Å². The number of carboxylic acid groups (broad SMARTS) is 1. The molecule has 0 unspecified atom stereocenters. The Bertz CT molecular complexity index is 1060. The van der Waals surface area contributed by atoms with E-state index in [0.717, 1.165) is 12.1 Å². The normalized spacial score (nSPS) is 18.4. The molecule has 1 aromatic heterocycles. The number of para-hydroxylation sites is 1. The van der Waals surface area contributed by atoms with E-state index in [-0.39, 0.29) is 17.2 Å². The minimum atomic E-state index is -4.50.